The lowest BCUT2D eigenvalue weighted by atomic mass is 9.92. The third-order valence-corrected chi connectivity index (χ3v) is 7.14. The van der Waals surface area contributed by atoms with Gasteiger partial charge >= 0.3 is 0 Å². The minimum atomic E-state index is 0.624. The molecule has 2 heteroatoms. The summed E-state index contributed by atoms with van der Waals surface area (Å²) in [6.07, 6.45) is 0. The maximum Gasteiger partial charge on any atom is 0.0998 e. The van der Waals surface area contributed by atoms with Gasteiger partial charge in [-0.1, -0.05) is 115 Å². The normalized spacial score (nSPS) is 10.4. The van der Waals surface area contributed by atoms with Gasteiger partial charge in [-0.05, 0) is 86.0 Å². The second-order valence-corrected chi connectivity index (χ2v) is 9.67. The fraction of sp³-hybridized carbons (Fsp3) is 0. The number of hydrogen-bond donors (Lipinski definition) is 0. The van der Waals surface area contributed by atoms with Gasteiger partial charge in [-0.2, -0.15) is 10.5 Å². The van der Waals surface area contributed by atoms with Crippen molar-refractivity contribution in [1.82, 2.24) is 0 Å². The van der Waals surface area contributed by atoms with E-state index in [9.17, 15) is 10.5 Å². The van der Waals surface area contributed by atoms with E-state index in [1.54, 1.807) is 0 Å². The van der Waals surface area contributed by atoms with Crippen molar-refractivity contribution in [2.45, 2.75) is 0 Å². The van der Waals surface area contributed by atoms with Crippen LogP contribution in [0.5, 0.6) is 0 Å². The number of hydrogen-bond acceptors (Lipinski definition) is 2. The Bertz CT molecular complexity index is 1890. The first-order valence-corrected chi connectivity index (χ1v) is 13.1. The lowest BCUT2D eigenvalue weighted by molar-refractivity contribution is 1.47. The van der Waals surface area contributed by atoms with Gasteiger partial charge in [0.2, 0.25) is 0 Å². The summed E-state index contributed by atoms with van der Waals surface area (Å²) < 4.78 is 0. The van der Waals surface area contributed by atoms with Crippen molar-refractivity contribution >= 4 is 0 Å². The zero-order chi connectivity index (χ0) is 27.3. The summed E-state index contributed by atoms with van der Waals surface area (Å²) in [4.78, 5) is 0. The molecule has 0 aromatic heterocycles. The van der Waals surface area contributed by atoms with Gasteiger partial charge in [0.05, 0.1) is 23.3 Å². The molecule has 0 aliphatic carbocycles. The summed E-state index contributed by atoms with van der Waals surface area (Å²) in [7, 11) is 0. The first kappa shape index (κ1) is 24.6. The first-order valence-electron chi connectivity index (χ1n) is 13.1. The highest BCUT2D eigenvalue weighted by Crippen LogP contribution is 2.33. The van der Waals surface area contributed by atoms with Crippen molar-refractivity contribution in [3.63, 3.8) is 0 Å². The van der Waals surface area contributed by atoms with Crippen molar-refractivity contribution in [2.24, 2.45) is 0 Å². The zero-order valence-electron chi connectivity index (χ0n) is 21.8. The number of nitriles is 2. The van der Waals surface area contributed by atoms with Crippen molar-refractivity contribution < 1.29 is 0 Å². The molecule has 0 radical (unpaired) electrons. The fourth-order valence-electron chi connectivity index (χ4n) is 5.08. The molecule has 0 spiro atoms. The Balaban J connectivity index is 1.32. The maximum absolute atomic E-state index is 10.0. The second kappa shape index (κ2) is 11.0. The van der Waals surface area contributed by atoms with Gasteiger partial charge in [0.25, 0.3) is 0 Å². The molecule has 0 fully saturated rings. The molecule has 0 saturated carbocycles. The molecule has 0 amide bonds. The molecule has 186 valence electrons. The van der Waals surface area contributed by atoms with E-state index >= 15 is 0 Å². The van der Waals surface area contributed by atoms with Crippen molar-refractivity contribution in [1.29, 1.82) is 10.5 Å². The smallest absolute Gasteiger partial charge is 0.0998 e. The minimum absolute atomic E-state index is 0.624. The molecule has 0 aliphatic rings. The molecule has 0 aliphatic heterocycles. The molecule has 6 rings (SSSR count). The predicted molar refractivity (Wildman–Crippen MR) is 163 cm³/mol. The first-order chi connectivity index (χ1) is 19.7. The van der Waals surface area contributed by atoms with E-state index in [1.165, 1.54) is 0 Å². The van der Waals surface area contributed by atoms with E-state index in [4.69, 9.17) is 0 Å². The van der Waals surface area contributed by atoms with Crippen LogP contribution in [0.25, 0.3) is 55.6 Å². The molecule has 40 heavy (non-hydrogen) atoms. The van der Waals surface area contributed by atoms with E-state index in [2.05, 4.69) is 72.8 Å². The van der Waals surface area contributed by atoms with Gasteiger partial charge in [0.1, 0.15) is 0 Å². The van der Waals surface area contributed by atoms with Crippen LogP contribution in [0.2, 0.25) is 0 Å². The molecule has 2 nitrogen and oxygen atoms in total. The number of nitrogens with zero attached hydrogens (tertiary/aromatic N) is 2. The Hall–Kier alpha value is -5.70. The average Bonchev–Trinajstić information content (AvgIpc) is 3.05. The predicted octanol–water partition coefficient (Wildman–Crippen LogP) is 9.76. The summed E-state index contributed by atoms with van der Waals surface area (Å²) in [5, 5.41) is 19.7. The fourth-order valence-corrected chi connectivity index (χ4v) is 5.08. The Labute approximate surface area is 234 Å². The average molecular weight is 509 g/mol. The SMILES string of the molecule is N#Cc1cc(-c2ccccc2)cc(-c2ccc(-c3ccc(-c4cccc(-c5ccccc5)c4)cc3C#N)cc2)c1. The van der Waals surface area contributed by atoms with Crippen LogP contribution in [0.4, 0.5) is 0 Å². The largest absolute Gasteiger partial charge is 0.192 e. The van der Waals surface area contributed by atoms with Crippen LogP contribution < -0.4 is 0 Å². The summed E-state index contributed by atoms with van der Waals surface area (Å²) in [5.41, 5.74) is 11.6. The third-order valence-electron chi connectivity index (χ3n) is 7.14. The second-order valence-electron chi connectivity index (χ2n) is 9.67. The molecular formula is C38H24N2. The van der Waals surface area contributed by atoms with E-state index in [-0.39, 0.29) is 0 Å². The molecular weight excluding hydrogens is 484 g/mol. The van der Waals surface area contributed by atoms with Crippen LogP contribution in [0.1, 0.15) is 11.1 Å². The van der Waals surface area contributed by atoms with Gasteiger partial charge in [-0.15, -0.1) is 0 Å². The van der Waals surface area contributed by atoms with Gasteiger partial charge in [-0.3, -0.25) is 0 Å². The minimum Gasteiger partial charge on any atom is -0.192 e. The van der Waals surface area contributed by atoms with Crippen LogP contribution in [0, 0.1) is 22.7 Å². The Kier molecular flexibility index (Phi) is 6.75. The molecule has 0 saturated heterocycles. The van der Waals surface area contributed by atoms with Crippen LogP contribution in [-0.2, 0) is 0 Å². The molecule has 0 N–H and O–H groups in total. The standard InChI is InChI=1S/C38H24N2/c39-25-27-20-35(29-10-5-2-6-11-29)24-36(21-27)30-14-16-31(17-15-30)38-19-18-34(23-37(38)26-40)33-13-7-12-32(22-33)28-8-3-1-4-9-28/h1-24H. The van der Waals surface area contributed by atoms with Gasteiger partial charge in [-0.25, -0.2) is 0 Å². The molecule has 6 aromatic rings. The number of benzene rings is 6. The lowest BCUT2D eigenvalue weighted by Gasteiger charge is -2.11. The summed E-state index contributed by atoms with van der Waals surface area (Å²) >= 11 is 0. The van der Waals surface area contributed by atoms with Crippen LogP contribution in [0.3, 0.4) is 0 Å². The van der Waals surface area contributed by atoms with E-state index in [0.717, 1.165) is 55.6 Å². The number of rotatable bonds is 5. The molecule has 0 bridgehead atoms. The summed E-state index contributed by atoms with van der Waals surface area (Å²) in [6, 6.07) is 53.7. The molecule has 0 atom stereocenters. The van der Waals surface area contributed by atoms with Gasteiger partial charge in [0.15, 0.2) is 0 Å². The molecule has 0 unspecified atom stereocenters. The van der Waals surface area contributed by atoms with Crippen LogP contribution in [-0.4, -0.2) is 0 Å². The maximum atomic E-state index is 10.0. The summed E-state index contributed by atoms with van der Waals surface area (Å²) in [5.74, 6) is 0. The highest BCUT2D eigenvalue weighted by atomic mass is 14.3. The van der Waals surface area contributed by atoms with E-state index in [1.807, 2.05) is 84.9 Å². The Morgan fingerprint density at radius 1 is 0.325 bits per heavy atom. The third kappa shape index (κ3) is 5.03. The Morgan fingerprint density at radius 3 is 1.38 bits per heavy atom. The topological polar surface area (TPSA) is 47.6 Å². The monoisotopic (exact) mass is 508 g/mol. The lowest BCUT2D eigenvalue weighted by Crippen LogP contribution is -1.89. The van der Waals surface area contributed by atoms with Gasteiger partial charge < -0.3 is 0 Å². The van der Waals surface area contributed by atoms with Crippen LogP contribution >= 0.6 is 0 Å². The van der Waals surface area contributed by atoms with E-state index < -0.39 is 0 Å². The molecule has 6 aromatic carbocycles. The summed E-state index contributed by atoms with van der Waals surface area (Å²) in [6.45, 7) is 0. The zero-order valence-corrected chi connectivity index (χ0v) is 21.8. The molecule has 0 heterocycles. The van der Waals surface area contributed by atoms with E-state index in [0.29, 0.717) is 11.1 Å². The van der Waals surface area contributed by atoms with Crippen molar-refractivity contribution in [2.75, 3.05) is 0 Å². The van der Waals surface area contributed by atoms with Gasteiger partial charge in [0, 0.05) is 0 Å². The quantitative estimate of drug-likeness (QED) is 0.233. The van der Waals surface area contributed by atoms with Crippen molar-refractivity contribution in [3.05, 3.63) is 157 Å². The highest BCUT2D eigenvalue weighted by molar-refractivity contribution is 5.81. The highest BCUT2D eigenvalue weighted by Gasteiger charge is 2.10. The van der Waals surface area contributed by atoms with Crippen molar-refractivity contribution in [3.8, 4) is 67.8 Å². The Morgan fingerprint density at radius 2 is 0.775 bits per heavy atom. The van der Waals surface area contributed by atoms with Crippen LogP contribution in [0.15, 0.2) is 146 Å².